The molecular weight excluding hydrogens is 364 g/mol. The highest BCUT2D eigenvalue weighted by Gasteiger charge is 2.08. The van der Waals surface area contributed by atoms with Crippen LogP contribution in [0.5, 0.6) is 5.75 Å². The zero-order chi connectivity index (χ0) is 18.0. The second kappa shape index (κ2) is 6.66. The predicted molar refractivity (Wildman–Crippen MR) is 98.9 cm³/mol. The monoisotopic (exact) mass is 378 g/mol. The molecule has 2 aromatic carbocycles. The molecule has 9 heteroatoms. The molecular formula is C16H15ClN4O3S. The van der Waals surface area contributed by atoms with Gasteiger partial charge >= 0.3 is 0 Å². The number of aromatic amines is 1. The summed E-state index contributed by atoms with van der Waals surface area (Å²) >= 11 is 6.19. The average Bonchev–Trinajstić information content (AvgIpc) is 2.98. The first-order chi connectivity index (χ1) is 11.8. The van der Waals surface area contributed by atoms with Crippen LogP contribution < -0.4 is 10.0 Å². The Hall–Kier alpha value is -2.71. The molecule has 0 aliphatic carbocycles. The van der Waals surface area contributed by atoms with Crippen LogP contribution in [0.25, 0.3) is 11.3 Å². The third-order valence-electron chi connectivity index (χ3n) is 3.29. The maximum absolute atomic E-state index is 11.2. The maximum atomic E-state index is 11.2. The molecule has 7 nitrogen and oxygen atoms in total. The number of rotatable bonds is 5. The summed E-state index contributed by atoms with van der Waals surface area (Å²) in [5.41, 5.74) is 2.61. The van der Waals surface area contributed by atoms with Gasteiger partial charge in [-0.25, -0.2) is 8.42 Å². The van der Waals surface area contributed by atoms with Gasteiger partial charge in [-0.05, 0) is 48.0 Å². The quantitative estimate of drug-likeness (QED) is 0.543. The maximum Gasteiger partial charge on any atom is 0.229 e. The van der Waals surface area contributed by atoms with Crippen LogP contribution in [0, 0.1) is 0 Å². The van der Waals surface area contributed by atoms with E-state index in [4.69, 9.17) is 11.6 Å². The smallest absolute Gasteiger partial charge is 0.229 e. The fraction of sp³-hybridized carbons (Fsp3) is 0.0625. The Morgan fingerprint density at radius 3 is 2.48 bits per heavy atom. The van der Waals surface area contributed by atoms with E-state index in [1.54, 1.807) is 42.5 Å². The summed E-state index contributed by atoms with van der Waals surface area (Å²) in [6, 6.07) is 13.3. The molecule has 0 radical (unpaired) electrons. The van der Waals surface area contributed by atoms with Gasteiger partial charge in [0.1, 0.15) is 5.75 Å². The van der Waals surface area contributed by atoms with Gasteiger partial charge < -0.3 is 10.4 Å². The number of sulfonamides is 1. The summed E-state index contributed by atoms with van der Waals surface area (Å²) in [5, 5.41) is 19.8. The van der Waals surface area contributed by atoms with Crippen LogP contribution in [-0.4, -0.2) is 30.0 Å². The fourth-order valence-electron chi connectivity index (χ4n) is 2.21. The predicted octanol–water partition coefficient (Wildman–Crippen LogP) is 3.55. The molecule has 0 aliphatic heterocycles. The van der Waals surface area contributed by atoms with Crippen LogP contribution in [0.2, 0.25) is 5.02 Å². The van der Waals surface area contributed by atoms with Crippen molar-refractivity contribution in [1.82, 2.24) is 10.2 Å². The van der Waals surface area contributed by atoms with Gasteiger partial charge in [0.25, 0.3) is 0 Å². The van der Waals surface area contributed by atoms with E-state index in [-0.39, 0.29) is 5.75 Å². The third-order valence-corrected chi connectivity index (χ3v) is 4.21. The Morgan fingerprint density at radius 2 is 1.84 bits per heavy atom. The lowest BCUT2D eigenvalue weighted by atomic mass is 10.1. The molecule has 0 bridgehead atoms. The molecule has 3 aromatic rings. The molecule has 0 unspecified atom stereocenters. The van der Waals surface area contributed by atoms with E-state index in [2.05, 4.69) is 20.2 Å². The molecule has 0 aliphatic rings. The average molecular weight is 379 g/mol. The molecule has 0 atom stereocenters. The Bertz CT molecular complexity index is 1000. The van der Waals surface area contributed by atoms with Crippen molar-refractivity contribution >= 4 is 38.8 Å². The van der Waals surface area contributed by atoms with Crippen LogP contribution in [0.4, 0.5) is 17.2 Å². The minimum Gasteiger partial charge on any atom is -0.508 e. The van der Waals surface area contributed by atoms with E-state index in [0.717, 1.165) is 17.5 Å². The number of anilines is 3. The Morgan fingerprint density at radius 1 is 1.12 bits per heavy atom. The third kappa shape index (κ3) is 4.43. The summed E-state index contributed by atoms with van der Waals surface area (Å²) < 4.78 is 24.9. The number of benzene rings is 2. The number of nitrogens with one attached hydrogen (secondary N) is 3. The lowest BCUT2D eigenvalue weighted by molar-refractivity contribution is 0.475. The molecule has 25 heavy (non-hydrogen) atoms. The van der Waals surface area contributed by atoms with Crippen molar-refractivity contribution in [2.75, 3.05) is 16.3 Å². The van der Waals surface area contributed by atoms with Gasteiger partial charge in [-0.2, -0.15) is 5.10 Å². The Labute approximate surface area is 149 Å². The number of hydrogen-bond acceptors (Lipinski definition) is 5. The molecule has 130 valence electrons. The van der Waals surface area contributed by atoms with Crippen molar-refractivity contribution in [3.8, 4) is 17.0 Å². The van der Waals surface area contributed by atoms with E-state index < -0.39 is 10.0 Å². The zero-order valence-electron chi connectivity index (χ0n) is 13.1. The minimum absolute atomic E-state index is 0.191. The largest absolute Gasteiger partial charge is 0.508 e. The standard InChI is InChI=1S/C16H15ClN4O3S/c1-25(23,24)21-11-4-7-14(13(17)8-11)18-16-9-15(19-20-16)10-2-5-12(22)6-3-10/h2-9,21-22H,1H3,(H2,18,19,20). The molecule has 0 fully saturated rings. The number of aromatic nitrogens is 2. The summed E-state index contributed by atoms with van der Waals surface area (Å²) in [5.74, 6) is 0.741. The van der Waals surface area contributed by atoms with Crippen LogP contribution in [0.1, 0.15) is 0 Å². The topological polar surface area (TPSA) is 107 Å². The second-order valence-electron chi connectivity index (χ2n) is 5.41. The molecule has 0 spiro atoms. The first-order valence-corrected chi connectivity index (χ1v) is 9.46. The lowest BCUT2D eigenvalue weighted by Gasteiger charge is -2.08. The van der Waals surface area contributed by atoms with E-state index in [9.17, 15) is 13.5 Å². The van der Waals surface area contributed by atoms with Crippen LogP contribution in [-0.2, 0) is 10.0 Å². The number of nitrogens with zero attached hydrogens (tertiary/aromatic N) is 1. The molecule has 3 rings (SSSR count). The number of halogens is 1. The first kappa shape index (κ1) is 17.1. The van der Waals surface area contributed by atoms with Crippen LogP contribution >= 0.6 is 11.6 Å². The SMILES string of the molecule is CS(=O)(=O)Nc1ccc(Nc2cc(-c3ccc(O)cc3)[nH]n2)c(Cl)c1. The van der Waals surface area contributed by atoms with Crippen molar-refractivity contribution in [2.45, 2.75) is 0 Å². The summed E-state index contributed by atoms with van der Waals surface area (Å²) in [7, 11) is -3.36. The number of phenolic OH excluding ortho intramolecular Hbond substituents is 1. The highest BCUT2D eigenvalue weighted by Crippen LogP contribution is 2.29. The number of hydrogen-bond donors (Lipinski definition) is 4. The molecule has 0 amide bonds. The summed E-state index contributed by atoms with van der Waals surface area (Å²) in [6.45, 7) is 0. The normalized spacial score (nSPS) is 11.3. The summed E-state index contributed by atoms with van der Waals surface area (Å²) in [4.78, 5) is 0. The fourth-order valence-corrected chi connectivity index (χ4v) is 2.99. The lowest BCUT2D eigenvalue weighted by Crippen LogP contribution is -2.09. The Kier molecular flexibility index (Phi) is 4.56. The van der Waals surface area contributed by atoms with E-state index in [0.29, 0.717) is 22.2 Å². The molecule has 1 heterocycles. The van der Waals surface area contributed by atoms with Gasteiger partial charge in [0.05, 0.1) is 28.3 Å². The molecule has 1 aromatic heterocycles. The zero-order valence-corrected chi connectivity index (χ0v) is 14.7. The minimum atomic E-state index is -3.36. The van der Waals surface area contributed by atoms with E-state index in [1.807, 2.05) is 0 Å². The van der Waals surface area contributed by atoms with Gasteiger partial charge in [-0.1, -0.05) is 11.6 Å². The number of phenols is 1. The Balaban J connectivity index is 1.78. The van der Waals surface area contributed by atoms with Crippen LogP contribution in [0.15, 0.2) is 48.5 Å². The van der Waals surface area contributed by atoms with Crippen LogP contribution in [0.3, 0.4) is 0 Å². The van der Waals surface area contributed by atoms with Gasteiger partial charge in [0.15, 0.2) is 5.82 Å². The van der Waals surface area contributed by atoms with Crippen molar-refractivity contribution in [2.24, 2.45) is 0 Å². The van der Waals surface area contributed by atoms with Crippen molar-refractivity contribution < 1.29 is 13.5 Å². The number of aromatic hydroxyl groups is 1. The highest BCUT2D eigenvalue weighted by atomic mass is 35.5. The molecule has 0 saturated heterocycles. The highest BCUT2D eigenvalue weighted by molar-refractivity contribution is 7.92. The molecule has 0 saturated carbocycles. The van der Waals surface area contributed by atoms with Crippen molar-refractivity contribution in [3.05, 3.63) is 53.6 Å². The van der Waals surface area contributed by atoms with Crippen molar-refractivity contribution in [3.63, 3.8) is 0 Å². The van der Waals surface area contributed by atoms with Crippen molar-refractivity contribution in [1.29, 1.82) is 0 Å². The van der Waals surface area contributed by atoms with E-state index >= 15 is 0 Å². The first-order valence-electron chi connectivity index (χ1n) is 7.19. The summed E-state index contributed by atoms with van der Waals surface area (Å²) in [6.07, 6.45) is 1.07. The van der Waals surface area contributed by atoms with E-state index in [1.165, 1.54) is 6.07 Å². The van der Waals surface area contributed by atoms with Gasteiger partial charge in [-0.15, -0.1) is 0 Å². The molecule has 4 N–H and O–H groups in total. The van der Waals surface area contributed by atoms with Gasteiger partial charge in [0.2, 0.25) is 10.0 Å². The number of H-pyrrole nitrogens is 1. The second-order valence-corrected chi connectivity index (χ2v) is 7.56. The van der Waals surface area contributed by atoms with Gasteiger partial charge in [-0.3, -0.25) is 9.82 Å². The van der Waals surface area contributed by atoms with Gasteiger partial charge in [0, 0.05) is 6.07 Å².